The predicted molar refractivity (Wildman–Crippen MR) is 45.2 cm³/mol. The fourth-order valence-corrected chi connectivity index (χ4v) is 0.968. The van der Waals surface area contributed by atoms with E-state index in [0.717, 1.165) is 0 Å². The number of aryl methyl sites for hydroxylation is 1. The molecule has 1 rings (SSSR count). The molecule has 1 aromatic rings. The van der Waals surface area contributed by atoms with Crippen molar-refractivity contribution in [3.8, 4) is 0 Å². The van der Waals surface area contributed by atoms with Crippen LogP contribution in [0.25, 0.3) is 0 Å². The fraction of sp³-hybridized carbons (Fsp3) is 0.250. The van der Waals surface area contributed by atoms with Gasteiger partial charge in [0.1, 0.15) is 0 Å². The molecule has 0 aromatic heterocycles. The Labute approximate surface area is 86.2 Å². The van der Waals surface area contributed by atoms with E-state index in [0.29, 0.717) is 26.4 Å². The third-order valence-electron chi connectivity index (χ3n) is 1.43. The van der Waals surface area contributed by atoms with Crippen molar-refractivity contribution in [2.45, 2.75) is 13.5 Å². The Morgan fingerprint density at radius 2 is 2.33 bits per heavy atom. The van der Waals surface area contributed by atoms with Crippen molar-refractivity contribution in [2.75, 3.05) is 0 Å². The molecule has 1 unspecified atom stereocenters. The first kappa shape index (κ1) is 12.1. The number of hydrogen-bond donors (Lipinski definition) is 0. The van der Waals surface area contributed by atoms with Crippen molar-refractivity contribution in [3.63, 3.8) is 0 Å². The van der Waals surface area contributed by atoms with E-state index < -0.39 is 0 Å². The van der Waals surface area contributed by atoms with Gasteiger partial charge in [0.15, 0.2) is 0 Å². The standard InChI is InChI=1S/C8H10OP.O.W/c1-7-4-2-3-5-8(7)6-9-10;;/h2,4-5H,6,10H2,1H3;;/q-1;;. The molecule has 66 valence electrons. The molecule has 0 radical (unpaired) electrons. The van der Waals surface area contributed by atoms with E-state index in [1.807, 2.05) is 18.2 Å². The Hall–Kier alpha value is 0.0983. The van der Waals surface area contributed by atoms with Gasteiger partial charge in [-0.15, -0.1) is 5.56 Å². The zero-order chi connectivity index (χ0) is 9.40. The molecule has 0 saturated carbocycles. The topological polar surface area (TPSA) is 26.3 Å². The summed E-state index contributed by atoms with van der Waals surface area (Å²) in [5, 5.41) is 0. The minimum atomic E-state index is 0.333. The quantitative estimate of drug-likeness (QED) is 0.601. The molecule has 0 fully saturated rings. The van der Waals surface area contributed by atoms with Crippen LogP contribution in [0.3, 0.4) is 0 Å². The van der Waals surface area contributed by atoms with Gasteiger partial charge in [-0.1, -0.05) is 6.92 Å². The molecule has 12 heavy (non-hydrogen) atoms. The zero-order valence-corrected chi connectivity index (χ0v) is 10.8. The Balaban J connectivity index is 0.000000561. The van der Waals surface area contributed by atoms with Gasteiger partial charge in [-0.3, -0.25) is 0 Å². The van der Waals surface area contributed by atoms with Crippen molar-refractivity contribution >= 4 is 9.47 Å². The zero-order valence-electron chi connectivity index (χ0n) is 6.74. The summed E-state index contributed by atoms with van der Waals surface area (Å²) in [6.45, 7) is 2.71. The maximum absolute atomic E-state index is 8.33. The normalized spacial score (nSPS) is 8.50. The van der Waals surface area contributed by atoms with Gasteiger partial charge in [-0.05, 0) is 9.47 Å². The van der Waals surface area contributed by atoms with Crippen molar-refractivity contribution < 1.29 is 27.7 Å². The summed E-state index contributed by atoms with van der Waals surface area (Å²) in [5.41, 5.74) is 2.44. The van der Waals surface area contributed by atoms with E-state index in [-0.39, 0.29) is 0 Å². The predicted octanol–water partition coefficient (Wildman–Crippen LogP) is 1.98. The first-order chi connectivity index (χ1) is 5.84. The van der Waals surface area contributed by atoms with Crippen LogP contribution in [0.2, 0.25) is 0 Å². The van der Waals surface area contributed by atoms with Crippen LogP contribution in [0, 0.1) is 13.0 Å². The number of hydrogen-bond acceptors (Lipinski definition) is 2. The minimum absolute atomic E-state index is 0.333. The van der Waals surface area contributed by atoms with Gasteiger partial charge < -0.3 is 4.52 Å². The summed E-state index contributed by atoms with van der Waals surface area (Å²) in [5.74, 6) is 0. The summed E-state index contributed by atoms with van der Waals surface area (Å²) < 4.78 is 13.2. The molecule has 0 aliphatic rings. The number of benzene rings is 1. The molecule has 0 aliphatic carbocycles. The molecule has 1 atom stereocenters. The SMILES string of the molecule is Cc1cc[c-]cc1COP.[O]=[W]. The summed E-state index contributed by atoms with van der Waals surface area (Å²) in [7, 11) is 2.24. The van der Waals surface area contributed by atoms with Crippen molar-refractivity contribution in [1.29, 1.82) is 0 Å². The monoisotopic (exact) mass is 353 g/mol. The van der Waals surface area contributed by atoms with Gasteiger partial charge in [-0.2, -0.15) is 29.8 Å². The molecule has 2 nitrogen and oxygen atoms in total. The Bertz CT molecular complexity index is 230. The van der Waals surface area contributed by atoms with Crippen LogP contribution in [-0.4, -0.2) is 0 Å². The van der Waals surface area contributed by atoms with E-state index in [4.69, 9.17) is 7.92 Å². The third-order valence-corrected chi connectivity index (χ3v) is 1.60. The van der Waals surface area contributed by atoms with Crippen LogP contribution in [0.1, 0.15) is 11.1 Å². The molecule has 0 saturated heterocycles. The van der Waals surface area contributed by atoms with Crippen LogP contribution >= 0.6 is 9.47 Å². The van der Waals surface area contributed by atoms with Gasteiger partial charge in [0.2, 0.25) is 0 Å². The van der Waals surface area contributed by atoms with Gasteiger partial charge in [0, 0.05) is 6.61 Å². The van der Waals surface area contributed by atoms with Crippen molar-refractivity contribution in [2.24, 2.45) is 0 Å². The summed E-state index contributed by atoms with van der Waals surface area (Å²) in [6.07, 6.45) is 0. The van der Waals surface area contributed by atoms with Crippen LogP contribution in [-0.2, 0) is 34.3 Å². The van der Waals surface area contributed by atoms with Crippen molar-refractivity contribution in [1.82, 2.24) is 0 Å². The van der Waals surface area contributed by atoms with Crippen LogP contribution in [0.5, 0.6) is 0 Å². The van der Waals surface area contributed by atoms with Crippen molar-refractivity contribution in [3.05, 3.63) is 35.4 Å². The maximum atomic E-state index is 8.33. The molecule has 0 N–H and O–H groups in total. The van der Waals surface area contributed by atoms with E-state index >= 15 is 0 Å². The van der Waals surface area contributed by atoms with E-state index in [9.17, 15) is 0 Å². The van der Waals surface area contributed by atoms with Gasteiger partial charge in [0.05, 0.1) is 0 Å². The Morgan fingerprint density at radius 1 is 1.67 bits per heavy atom. The second kappa shape index (κ2) is 7.73. The first-order valence-electron chi connectivity index (χ1n) is 3.28. The van der Waals surface area contributed by atoms with Crippen LogP contribution < -0.4 is 0 Å². The Kier molecular flexibility index (Phi) is 7.80. The average molecular weight is 353 g/mol. The molecule has 1 aromatic carbocycles. The van der Waals surface area contributed by atoms with E-state index in [1.54, 1.807) is 0 Å². The molecule has 0 spiro atoms. The molecule has 0 amide bonds. The van der Waals surface area contributed by atoms with Crippen LogP contribution in [0.4, 0.5) is 0 Å². The summed E-state index contributed by atoms with van der Waals surface area (Å²) >= 11 is 0.333. The molecule has 0 bridgehead atoms. The second-order valence-corrected chi connectivity index (χ2v) is 2.50. The molecule has 0 aliphatic heterocycles. The molecular weight excluding hydrogens is 343 g/mol. The molecular formula is C8H10O2PW-. The summed E-state index contributed by atoms with van der Waals surface area (Å²) in [4.78, 5) is 0. The Morgan fingerprint density at radius 3 is 2.83 bits per heavy atom. The summed E-state index contributed by atoms with van der Waals surface area (Å²) in [6, 6.07) is 8.87. The van der Waals surface area contributed by atoms with Gasteiger partial charge in [-0.25, -0.2) is 0 Å². The van der Waals surface area contributed by atoms with E-state index in [1.165, 1.54) is 11.1 Å². The van der Waals surface area contributed by atoms with Crippen LogP contribution in [0.15, 0.2) is 18.2 Å². The second-order valence-electron chi connectivity index (χ2n) is 2.16. The molecule has 4 heteroatoms. The molecule has 0 heterocycles. The number of rotatable bonds is 2. The van der Waals surface area contributed by atoms with Gasteiger partial charge in [0.25, 0.3) is 0 Å². The third kappa shape index (κ3) is 4.21. The fourth-order valence-electron chi connectivity index (χ4n) is 0.788. The van der Waals surface area contributed by atoms with Gasteiger partial charge >= 0.3 is 23.2 Å². The average Bonchev–Trinajstić information content (AvgIpc) is 2.13. The van der Waals surface area contributed by atoms with E-state index in [2.05, 4.69) is 22.5 Å². The first-order valence-corrected chi connectivity index (χ1v) is 4.95.